The van der Waals surface area contributed by atoms with Crippen molar-refractivity contribution >= 4 is 11.8 Å². The van der Waals surface area contributed by atoms with Gasteiger partial charge in [-0.15, -0.1) is 0 Å². The van der Waals surface area contributed by atoms with Crippen LogP contribution in [-0.4, -0.2) is 0 Å². The van der Waals surface area contributed by atoms with Gasteiger partial charge in [-0.3, -0.25) is 0 Å². The molecule has 2 aromatic carbocycles. The van der Waals surface area contributed by atoms with Crippen molar-refractivity contribution in [1.29, 1.82) is 0 Å². The van der Waals surface area contributed by atoms with Gasteiger partial charge in [-0.2, -0.15) is 0 Å². The van der Waals surface area contributed by atoms with E-state index in [1.54, 1.807) is 0 Å². The van der Waals surface area contributed by atoms with Gasteiger partial charge in [0.1, 0.15) is 12.4 Å². The largest absolute Gasteiger partial charge is 0.488 e. The molecule has 0 saturated carbocycles. The Labute approximate surface area is 112 Å². The summed E-state index contributed by atoms with van der Waals surface area (Å²) >= 11 is 0. The van der Waals surface area contributed by atoms with E-state index in [2.05, 4.69) is 36.2 Å². The van der Waals surface area contributed by atoms with Gasteiger partial charge < -0.3 is 10.1 Å². The van der Waals surface area contributed by atoms with Crippen molar-refractivity contribution < 1.29 is 4.74 Å². The molecule has 1 N–H and O–H groups in total. The van der Waals surface area contributed by atoms with Gasteiger partial charge >= 0.3 is 0 Å². The molecule has 0 fully saturated rings. The lowest BCUT2D eigenvalue weighted by Crippen LogP contribution is -2.11. The molecule has 0 saturated heterocycles. The number of fused-ring (bicyclic) bond motifs is 5. The Morgan fingerprint density at radius 1 is 1.00 bits per heavy atom. The highest BCUT2D eigenvalue weighted by molar-refractivity contribution is 5.85. The Balaban J connectivity index is 1.97. The fourth-order valence-electron chi connectivity index (χ4n) is 2.74. The van der Waals surface area contributed by atoms with Gasteiger partial charge in [0.05, 0.1) is 0 Å². The lowest BCUT2D eigenvalue weighted by atomic mass is 9.91. The Kier molecular flexibility index (Phi) is 2.06. The van der Waals surface area contributed by atoms with Crippen molar-refractivity contribution in [3.05, 3.63) is 65.9 Å². The van der Waals surface area contributed by atoms with Gasteiger partial charge in [0, 0.05) is 28.1 Å². The van der Waals surface area contributed by atoms with E-state index < -0.39 is 0 Å². The van der Waals surface area contributed by atoms with E-state index >= 15 is 0 Å². The molecule has 2 heterocycles. The number of benzene rings is 2. The average Bonchev–Trinajstić information content (AvgIpc) is 2.46. The summed E-state index contributed by atoms with van der Waals surface area (Å²) in [6.07, 6.45) is 4.12. The number of anilines is 1. The Bertz CT molecular complexity index is 728. The highest BCUT2D eigenvalue weighted by Crippen LogP contribution is 2.41. The zero-order valence-corrected chi connectivity index (χ0v) is 10.4. The molecule has 19 heavy (non-hydrogen) atoms. The number of hydrogen-bond donors (Lipinski definition) is 1. The minimum absolute atomic E-state index is 0.619. The van der Waals surface area contributed by atoms with Crippen LogP contribution < -0.4 is 10.1 Å². The SMILES string of the molecule is C=C1C=Cc2c(ccc3c2COc2ccccc2-3)N1. The second-order valence-corrected chi connectivity index (χ2v) is 4.82. The van der Waals surface area contributed by atoms with Crippen LogP contribution in [0.25, 0.3) is 17.2 Å². The molecule has 2 nitrogen and oxygen atoms in total. The van der Waals surface area contributed by atoms with Crippen LogP contribution in [0.3, 0.4) is 0 Å². The summed E-state index contributed by atoms with van der Waals surface area (Å²) in [4.78, 5) is 0. The predicted octanol–water partition coefficient (Wildman–Crippen LogP) is 4.20. The number of allylic oxidation sites excluding steroid dienone is 1. The van der Waals surface area contributed by atoms with Crippen molar-refractivity contribution in [2.75, 3.05) is 5.32 Å². The molecule has 0 atom stereocenters. The first-order valence-electron chi connectivity index (χ1n) is 6.35. The third-order valence-electron chi connectivity index (χ3n) is 3.65. The zero-order valence-electron chi connectivity index (χ0n) is 10.4. The van der Waals surface area contributed by atoms with Gasteiger partial charge in [0.2, 0.25) is 0 Å². The van der Waals surface area contributed by atoms with Gasteiger partial charge in [-0.1, -0.05) is 36.9 Å². The van der Waals surface area contributed by atoms with Gasteiger partial charge in [0.25, 0.3) is 0 Å². The van der Waals surface area contributed by atoms with E-state index in [9.17, 15) is 0 Å². The van der Waals surface area contributed by atoms with Crippen molar-refractivity contribution in [3.8, 4) is 16.9 Å². The smallest absolute Gasteiger partial charge is 0.127 e. The zero-order chi connectivity index (χ0) is 12.8. The Hall–Kier alpha value is -2.48. The summed E-state index contributed by atoms with van der Waals surface area (Å²) in [5.41, 5.74) is 6.91. The molecule has 0 unspecified atom stereocenters. The van der Waals surface area contributed by atoms with E-state index in [1.807, 2.05) is 24.3 Å². The van der Waals surface area contributed by atoms with Crippen LogP contribution in [0.4, 0.5) is 5.69 Å². The van der Waals surface area contributed by atoms with E-state index in [0.29, 0.717) is 6.61 Å². The maximum absolute atomic E-state index is 5.86. The molecule has 92 valence electrons. The average molecular weight is 247 g/mol. The minimum atomic E-state index is 0.619. The van der Waals surface area contributed by atoms with Crippen LogP contribution >= 0.6 is 0 Å². The molecule has 0 aliphatic carbocycles. The summed E-state index contributed by atoms with van der Waals surface area (Å²) in [6.45, 7) is 4.55. The highest BCUT2D eigenvalue weighted by Gasteiger charge is 2.21. The van der Waals surface area contributed by atoms with E-state index in [4.69, 9.17) is 4.74 Å². The fourth-order valence-corrected chi connectivity index (χ4v) is 2.74. The predicted molar refractivity (Wildman–Crippen MR) is 78.0 cm³/mol. The molecule has 2 aromatic rings. The molecular formula is C17H13NO. The van der Waals surface area contributed by atoms with Crippen LogP contribution in [0.2, 0.25) is 0 Å². The molecular weight excluding hydrogens is 234 g/mol. The van der Waals surface area contributed by atoms with E-state index in [-0.39, 0.29) is 0 Å². The second kappa shape index (κ2) is 3.75. The van der Waals surface area contributed by atoms with Crippen LogP contribution in [0, 0.1) is 0 Å². The van der Waals surface area contributed by atoms with Gasteiger partial charge in [-0.05, 0) is 23.8 Å². The molecule has 2 heteroatoms. The summed E-state index contributed by atoms with van der Waals surface area (Å²) in [5.74, 6) is 0.965. The first-order chi connectivity index (χ1) is 9.33. The third kappa shape index (κ3) is 1.50. The van der Waals surface area contributed by atoms with Crippen molar-refractivity contribution in [2.24, 2.45) is 0 Å². The number of ether oxygens (including phenoxy) is 1. The van der Waals surface area contributed by atoms with Gasteiger partial charge in [-0.25, -0.2) is 0 Å². The standard InChI is InChI=1S/C17H13NO/c1-11-6-7-13-15-10-19-17-5-3-2-4-14(17)12(15)8-9-16(13)18-11/h2-9,18H,1,10H2. The second-order valence-electron chi connectivity index (χ2n) is 4.82. The van der Waals surface area contributed by atoms with Crippen molar-refractivity contribution in [1.82, 2.24) is 0 Å². The first kappa shape index (κ1) is 10.4. The summed E-state index contributed by atoms with van der Waals surface area (Å²) in [6, 6.07) is 12.5. The number of para-hydroxylation sites is 1. The summed E-state index contributed by atoms with van der Waals surface area (Å²) in [5, 5.41) is 3.30. The number of hydrogen-bond acceptors (Lipinski definition) is 2. The normalized spacial score (nSPS) is 14.8. The molecule has 2 aliphatic heterocycles. The van der Waals surface area contributed by atoms with E-state index in [0.717, 1.165) is 17.1 Å². The first-order valence-corrected chi connectivity index (χ1v) is 6.35. The Morgan fingerprint density at radius 2 is 1.89 bits per heavy atom. The monoisotopic (exact) mass is 247 g/mol. The lowest BCUT2D eigenvalue weighted by Gasteiger charge is -2.25. The van der Waals surface area contributed by atoms with Gasteiger partial charge in [0.15, 0.2) is 0 Å². The number of rotatable bonds is 0. The molecule has 0 spiro atoms. The topological polar surface area (TPSA) is 21.3 Å². The number of nitrogens with one attached hydrogen (secondary N) is 1. The Morgan fingerprint density at radius 3 is 2.84 bits per heavy atom. The maximum Gasteiger partial charge on any atom is 0.127 e. The fraction of sp³-hybridized carbons (Fsp3) is 0.0588. The lowest BCUT2D eigenvalue weighted by molar-refractivity contribution is 0.302. The molecule has 4 rings (SSSR count). The third-order valence-corrected chi connectivity index (χ3v) is 3.65. The molecule has 0 aromatic heterocycles. The maximum atomic E-state index is 5.86. The van der Waals surface area contributed by atoms with Crippen molar-refractivity contribution in [2.45, 2.75) is 6.61 Å². The van der Waals surface area contributed by atoms with E-state index in [1.165, 1.54) is 22.3 Å². The van der Waals surface area contributed by atoms with Crippen LogP contribution in [0.1, 0.15) is 11.1 Å². The quantitative estimate of drug-likeness (QED) is 0.753. The van der Waals surface area contributed by atoms with Crippen LogP contribution in [-0.2, 0) is 6.61 Å². The van der Waals surface area contributed by atoms with Crippen LogP contribution in [0.5, 0.6) is 5.75 Å². The molecule has 0 bridgehead atoms. The van der Waals surface area contributed by atoms with Crippen molar-refractivity contribution in [3.63, 3.8) is 0 Å². The summed E-state index contributed by atoms with van der Waals surface area (Å²) < 4.78 is 5.86. The highest BCUT2D eigenvalue weighted by atomic mass is 16.5. The summed E-state index contributed by atoms with van der Waals surface area (Å²) in [7, 11) is 0. The van der Waals surface area contributed by atoms with Crippen LogP contribution in [0.15, 0.2) is 54.8 Å². The molecule has 0 amide bonds. The molecule has 2 aliphatic rings. The minimum Gasteiger partial charge on any atom is -0.488 e. The molecule has 0 radical (unpaired) electrons.